The molecule has 0 bridgehead atoms. The molecule has 2 aromatic rings. The summed E-state index contributed by atoms with van der Waals surface area (Å²) >= 11 is 5.22. The minimum absolute atomic E-state index is 0.139. The predicted octanol–water partition coefficient (Wildman–Crippen LogP) is 4.04. The smallest absolute Gasteiger partial charge is 0.409 e. The Kier molecular flexibility index (Phi) is 7.78. The van der Waals surface area contributed by atoms with Gasteiger partial charge in [0.25, 0.3) is 0 Å². The largest absolute Gasteiger partial charge is 0.450 e. The Balaban J connectivity index is 1.60. The Hall–Kier alpha value is -2.94. The molecule has 0 radical (unpaired) electrons. The highest BCUT2D eigenvalue weighted by atomic mass is 32.1. The molecule has 1 fully saturated rings. The van der Waals surface area contributed by atoms with Crippen LogP contribution in [-0.4, -0.2) is 52.2 Å². The van der Waals surface area contributed by atoms with E-state index in [0.29, 0.717) is 32.1 Å². The number of ether oxygens (including phenoxy) is 1. The summed E-state index contributed by atoms with van der Waals surface area (Å²) in [6.45, 7) is 3.94. The number of hydrogen-bond acceptors (Lipinski definition) is 6. The van der Waals surface area contributed by atoms with Crippen LogP contribution in [0, 0.1) is 5.82 Å². The van der Waals surface area contributed by atoms with Crippen LogP contribution in [0.1, 0.15) is 25.3 Å². The standard InChI is InChI=1S/C21H26FN5O2S/c1-2-29-21(28)26-12-9-18(10-13-26)27(15-30)25-20-19(4-3-11-23-20)24-14-16-5-7-17(22)8-6-16/h3-8,11,15,18,24H,2,9-10,12-14H2,1H3,(H,23,25). The van der Waals surface area contributed by atoms with E-state index in [1.165, 1.54) is 12.1 Å². The van der Waals surface area contributed by atoms with Crippen LogP contribution >= 0.6 is 12.2 Å². The van der Waals surface area contributed by atoms with Gasteiger partial charge in [-0.3, -0.25) is 10.4 Å². The van der Waals surface area contributed by atoms with Crippen LogP contribution in [0.2, 0.25) is 0 Å². The van der Waals surface area contributed by atoms with Crippen molar-refractivity contribution in [3.63, 3.8) is 0 Å². The fraction of sp³-hybridized carbons (Fsp3) is 0.381. The van der Waals surface area contributed by atoms with Crippen molar-refractivity contribution in [1.29, 1.82) is 0 Å². The van der Waals surface area contributed by atoms with Crippen molar-refractivity contribution in [3.8, 4) is 0 Å². The zero-order valence-electron chi connectivity index (χ0n) is 16.9. The Morgan fingerprint density at radius 3 is 2.73 bits per heavy atom. The number of amides is 1. The highest BCUT2D eigenvalue weighted by Crippen LogP contribution is 2.22. The number of piperidine rings is 1. The topological polar surface area (TPSA) is 69.7 Å². The van der Waals surface area contributed by atoms with Crippen molar-refractivity contribution in [1.82, 2.24) is 14.9 Å². The number of thiocarbonyl (C=S) groups is 1. The molecule has 0 atom stereocenters. The van der Waals surface area contributed by atoms with E-state index >= 15 is 0 Å². The molecule has 0 aliphatic carbocycles. The summed E-state index contributed by atoms with van der Waals surface area (Å²) < 4.78 is 18.2. The van der Waals surface area contributed by atoms with Gasteiger partial charge in [0.05, 0.1) is 23.8 Å². The van der Waals surface area contributed by atoms with Gasteiger partial charge in [-0.25, -0.2) is 14.2 Å². The van der Waals surface area contributed by atoms with E-state index in [-0.39, 0.29) is 18.0 Å². The molecular weight excluding hydrogens is 405 g/mol. The third-order valence-corrected chi connectivity index (χ3v) is 5.16. The van der Waals surface area contributed by atoms with Crippen molar-refractivity contribution in [2.45, 2.75) is 32.4 Å². The SMILES string of the molecule is CCOC(=O)N1CCC(N(C=S)Nc2ncccc2NCc2ccc(F)cc2)CC1. The Labute approximate surface area is 181 Å². The van der Waals surface area contributed by atoms with E-state index in [0.717, 1.165) is 24.1 Å². The molecule has 9 heteroatoms. The number of hydrazine groups is 1. The second-order valence-corrected chi connectivity index (χ2v) is 7.13. The van der Waals surface area contributed by atoms with Crippen molar-refractivity contribution in [3.05, 3.63) is 54.0 Å². The number of halogens is 1. The molecule has 1 aromatic carbocycles. The number of rotatable bonds is 8. The fourth-order valence-electron chi connectivity index (χ4n) is 3.30. The minimum atomic E-state index is -0.269. The molecule has 1 saturated heterocycles. The maximum absolute atomic E-state index is 13.1. The number of likely N-dealkylation sites (tertiary alicyclic amines) is 1. The number of carbonyl (C=O) groups excluding carboxylic acids is 1. The quantitative estimate of drug-likeness (QED) is 0.483. The van der Waals surface area contributed by atoms with Crippen molar-refractivity contribution < 1.29 is 13.9 Å². The number of nitrogens with zero attached hydrogens (tertiary/aromatic N) is 3. The lowest BCUT2D eigenvalue weighted by Gasteiger charge is -2.37. The predicted molar refractivity (Wildman–Crippen MR) is 119 cm³/mol. The second kappa shape index (κ2) is 10.7. The van der Waals surface area contributed by atoms with Gasteiger partial charge in [-0.15, -0.1) is 0 Å². The van der Waals surface area contributed by atoms with Crippen LogP contribution in [0.15, 0.2) is 42.6 Å². The number of anilines is 2. The fourth-order valence-corrected chi connectivity index (χ4v) is 3.53. The molecule has 1 amide bonds. The molecule has 7 nitrogen and oxygen atoms in total. The maximum Gasteiger partial charge on any atom is 0.409 e. The summed E-state index contributed by atoms with van der Waals surface area (Å²) in [5, 5.41) is 5.19. The average molecular weight is 432 g/mol. The highest BCUT2D eigenvalue weighted by molar-refractivity contribution is 7.78. The molecule has 30 heavy (non-hydrogen) atoms. The molecule has 2 N–H and O–H groups in total. The van der Waals surface area contributed by atoms with Crippen molar-refractivity contribution >= 4 is 35.3 Å². The van der Waals surface area contributed by atoms with Gasteiger partial charge >= 0.3 is 6.09 Å². The minimum Gasteiger partial charge on any atom is -0.450 e. The summed E-state index contributed by atoms with van der Waals surface area (Å²) in [4.78, 5) is 18.0. The monoisotopic (exact) mass is 431 g/mol. The third kappa shape index (κ3) is 5.79. The van der Waals surface area contributed by atoms with Crippen molar-refractivity contribution in [2.24, 2.45) is 0 Å². The van der Waals surface area contributed by atoms with Crippen LogP contribution in [0.4, 0.5) is 20.7 Å². The molecule has 0 unspecified atom stereocenters. The zero-order valence-corrected chi connectivity index (χ0v) is 17.7. The molecular formula is C21H26FN5O2S. The van der Waals surface area contributed by atoms with Gasteiger partial charge < -0.3 is 15.0 Å². The van der Waals surface area contributed by atoms with Gasteiger partial charge in [-0.1, -0.05) is 24.4 Å². The van der Waals surface area contributed by atoms with E-state index in [9.17, 15) is 9.18 Å². The summed E-state index contributed by atoms with van der Waals surface area (Å²) in [6, 6.07) is 10.3. The van der Waals surface area contributed by atoms with Gasteiger partial charge in [0, 0.05) is 25.8 Å². The number of carbonyl (C=O) groups is 1. The zero-order chi connectivity index (χ0) is 21.3. The summed E-state index contributed by atoms with van der Waals surface area (Å²) in [5.41, 5.74) is 6.63. The average Bonchev–Trinajstić information content (AvgIpc) is 2.78. The third-order valence-electron chi connectivity index (χ3n) is 4.94. The molecule has 1 aromatic heterocycles. The molecule has 1 aliphatic rings. The molecule has 0 saturated carbocycles. The molecule has 160 valence electrons. The van der Waals surface area contributed by atoms with Crippen LogP contribution in [0.25, 0.3) is 0 Å². The lowest BCUT2D eigenvalue weighted by molar-refractivity contribution is 0.0898. The Bertz CT molecular complexity index is 844. The summed E-state index contributed by atoms with van der Waals surface area (Å²) in [5.74, 6) is 0.390. The van der Waals surface area contributed by atoms with E-state index in [2.05, 4.69) is 15.7 Å². The molecule has 2 heterocycles. The maximum atomic E-state index is 13.1. The number of benzene rings is 1. The van der Waals surface area contributed by atoms with Gasteiger partial charge in [-0.2, -0.15) is 0 Å². The second-order valence-electron chi connectivity index (χ2n) is 6.92. The van der Waals surface area contributed by atoms with E-state index < -0.39 is 0 Å². The Morgan fingerprint density at radius 2 is 2.07 bits per heavy atom. The first-order chi connectivity index (χ1) is 14.6. The van der Waals surface area contributed by atoms with E-state index in [4.69, 9.17) is 17.0 Å². The number of hydrogen-bond donors (Lipinski definition) is 2. The number of aromatic nitrogens is 1. The van der Waals surface area contributed by atoms with Gasteiger partial charge in [0.1, 0.15) is 5.82 Å². The molecule has 1 aliphatic heterocycles. The van der Waals surface area contributed by atoms with E-state index in [1.54, 1.807) is 35.6 Å². The summed E-state index contributed by atoms with van der Waals surface area (Å²) in [7, 11) is 0. The van der Waals surface area contributed by atoms with Crippen LogP contribution in [0.3, 0.4) is 0 Å². The molecule has 0 spiro atoms. The van der Waals surface area contributed by atoms with E-state index in [1.807, 2.05) is 17.1 Å². The highest BCUT2D eigenvalue weighted by Gasteiger charge is 2.27. The first kappa shape index (κ1) is 21.8. The normalized spacial score (nSPS) is 14.1. The molecule has 3 rings (SSSR count). The lowest BCUT2D eigenvalue weighted by Crippen LogP contribution is -2.48. The summed E-state index contributed by atoms with van der Waals surface area (Å²) in [6.07, 6.45) is 2.97. The van der Waals surface area contributed by atoms with Gasteiger partial charge in [0.15, 0.2) is 5.82 Å². The van der Waals surface area contributed by atoms with Gasteiger partial charge in [0.2, 0.25) is 0 Å². The number of nitrogens with one attached hydrogen (secondary N) is 2. The van der Waals surface area contributed by atoms with Crippen molar-refractivity contribution in [2.75, 3.05) is 30.4 Å². The number of pyridine rings is 1. The first-order valence-electron chi connectivity index (χ1n) is 9.96. The lowest BCUT2D eigenvalue weighted by atomic mass is 10.1. The van der Waals surface area contributed by atoms with Gasteiger partial charge in [-0.05, 0) is 49.6 Å². The van der Waals surface area contributed by atoms with Crippen LogP contribution in [0.5, 0.6) is 0 Å². The first-order valence-corrected chi connectivity index (χ1v) is 10.4. The Morgan fingerprint density at radius 1 is 1.33 bits per heavy atom. The van der Waals surface area contributed by atoms with Crippen LogP contribution < -0.4 is 10.7 Å². The van der Waals surface area contributed by atoms with Crippen LogP contribution in [-0.2, 0) is 11.3 Å².